The van der Waals surface area contributed by atoms with Crippen molar-refractivity contribution in [1.29, 1.82) is 0 Å². The van der Waals surface area contributed by atoms with Crippen molar-refractivity contribution >= 4 is 38.9 Å². The molecule has 20 heavy (non-hydrogen) atoms. The van der Waals surface area contributed by atoms with Crippen LogP contribution in [0.1, 0.15) is 23.4 Å². The first-order valence-corrected chi connectivity index (χ1v) is 8.43. The SMILES string of the molecule is CCNC(Cc1cc(Br)ccc1OC)c1ccc(Cl)s1. The third kappa shape index (κ3) is 3.98. The van der Waals surface area contributed by atoms with Crippen molar-refractivity contribution in [2.75, 3.05) is 13.7 Å². The van der Waals surface area contributed by atoms with E-state index >= 15 is 0 Å². The van der Waals surface area contributed by atoms with Gasteiger partial charge in [-0.3, -0.25) is 0 Å². The van der Waals surface area contributed by atoms with Gasteiger partial charge in [-0.25, -0.2) is 0 Å². The van der Waals surface area contributed by atoms with Crippen molar-refractivity contribution < 1.29 is 4.74 Å². The number of methoxy groups -OCH3 is 1. The van der Waals surface area contributed by atoms with Crippen molar-refractivity contribution in [3.63, 3.8) is 0 Å². The average Bonchev–Trinajstić information content (AvgIpc) is 2.85. The molecule has 0 aliphatic heterocycles. The number of nitrogens with one attached hydrogen (secondary N) is 1. The molecule has 1 aromatic heterocycles. The van der Waals surface area contributed by atoms with Crippen LogP contribution in [0.3, 0.4) is 0 Å². The van der Waals surface area contributed by atoms with Crippen LogP contribution < -0.4 is 10.1 Å². The number of benzene rings is 1. The number of halogens is 2. The molecular weight excluding hydrogens is 358 g/mol. The van der Waals surface area contributed by atoms with Gasteiger partial charge >= 0.3 is 0 Å². The summed E-state index contributed by atoms with van der Waals surface area (Å²) in [6, 6.07) is 10.4. The van der Waals surface area contributed by atoms with Gasteiger partial charge in [-0.1, -0.05) is 34.5 Å². The predicted octanol–water partition coefficient (Wildman–Crippen LogP) is 5.07. The first-order chi connectivity index (χ1) is 9.63. The second-order valence-corrected chi connectivity index (χ2v) is 7.07. The molecule has 1 N–H and O–H groups in total. The highest BCUT2D eigenvalue weighted by atomic mass is 79.9. The van der Waals surface area contributed by atoms with Gasteiger partial charge in [-0.05, 0) is 48.9 Å². The van der Waals surface area contributed by atoms with Gasteiger partial charge in [-0.15, -0.1) is 11.3 Å². The minimum Gasteiger partial charge on any atom is -0.496 e. The van der Waals surface area contributed by atoms with Crippen molar-refractivity contribution in [2.45, 2.75) is 19.4 Å². The zero-order valence-electron chi connectivity index (χ0n) is 11.5. The van der Waals surface area contributed by atoms with E-state index in [2.05, 4.69) is 40.3 Å². The second kappa shape index (κ2) is 7.46. The van der Waals surface area contributed by atoms with Gasteiger partial charge in [0.1, 0.15) is 5.75 Å². The lowest BCUT2D eigenvalue weighted by molar-refractivity contribution is 0.406. The summed E-state index contributed by atoms with van der Waals surface area (Å²) in [5.74, 6) is 0.916. The fourth-order valence-corrected chi connectivity index (χ4v) is 3.71. The van der Waals surface area contributed by atoms with Crippen molar-refractivity contribution in [3.05, 3.63) is 49.6 Å². The fraction of sp³-hybridized carbons (Fsp3) is 0.333. The number of thiophene rings is 1. The van der Waals surface area contributed by atoms with E-state index in [0.717, 1.165) is 27.5 Å². The van der Waals surface area contributed by atoms with E-state index in [4.69, 9.17) is 16.3 Å². The van der Waals surface area contributed by atoms with Crippen LogP contribution in [0.25, 0.3) is 0 Å². The molecule has 0 amide bonds. The van der Waals surface area contributed by atoms with Crippen LogP contribution in [0.2, 0.25) is 4.34 Å². The number of likely N-dealkylation sites (N-methyl/N-ethyl adjacent to an activating group) is 1. The van der Waals surface area contributed by atoms with E-state index in [1.807, 2.05) is 18.2 Å². The molecule has 2 nitrogen and oxygen atoms in total. The van der Waals surface area contributed by atoms with E-state index in [1.54, 1.807) is 18.4 Å². The van der Waals surface area contributed by atoms with Crippen LogP contribution in [0.15, 0.2) is 34.8 Å². The molecule has 1 unspecified atom stereocenters. The zero-order chi connectivity index (χ0) is 14.5. The Labute approximate surface area is 137 Å². The van der Waals surface area contributed by atoms with Gasteiger partial charge in [0, 0.05) is 15.4 Å². The highest BCUT2D eigenvalue weighted by Crippen LogP contribution is 2.32. The first-order valence-electron chi connectivity index (χ1n) is 6.45. The number of hydrogen-bond acceptors (Lipinski definition) is 3. The average molecular weight is 375 g/mol. The van der Waals surface area contributed by atoms with Crippen LogP contribution in [0.5, 0.6) is 5.75 Å². The van der Waals surface area contributed by atoms with Gasteiger partial charge < -0.3 is 10.1 Å². The lowest BCUT2D eigenvalue weighted by Gasteiger charge is -2.18. The molecule has 0 radical (unpaired) electrons. The van der Waals surface area contributed by atoms with E-state index in [0.29, 0.717) is 0 Å². The van der Waals surface area contributed by atoms with Crippen LogP contribution in [0, 0.1) is 0 Å². The molecule has 0 fully saturated rings. The lowest BCUT2D eigenvalue weighted by atomic mass is 10.0. The molecule has 0 aliphatic carbocycles. The Hall–Kier alpha value is -0.550. The van der Waals surface area contributed by atoms with Crippen molar-refractivity contribution in [2.24, 2.45) is 0 Å². The molecule has 108 valence electrons. The Bertz CT molecular complexity index is 573. The van der Waals surface area contributed by atoms with E-state index < -0.39 is 0 Å². The summed E-state index contributed by atoms with van der Waals surface area (Å²) >= 11 is 11.2. The maximum atomic E-state index is 6.05. The summed E-state index contributed by atoms with van der Waals surface area (Å²) in [7, 11) is 1.71. The van der Waals surface area contributed by atoms with E-state index in [9.17, 15) is 0 Å². The minimum atomic E-state index is 0.251. The molecule has 5 heteroatoms. The van der Waals surface area contributed by atoms with Gasteiger partial charge in [0.15, 0.2) is 0 Å². The molecular formula is C15H17BrClNOS. The summed E-state index contributed by atoms with van der Waals surface area (Å²) in [5, 5.41) is 3.51. The zero-order valence-corrected chi connectivity index (χ0v) is 14.6. The van der Waals surface area contributed by atoms with Gasteiger partial charge in [0.2, 0.25) is 0 Å². The first kappa shape index (κ1) is 15.8. The number of rotatable bonds is 6. The number of ether oxygens (including phenoxy) is 1. The summed E-state index contributed by atoms with van der Waals surface area (Å²) < 4.78 is 7.34. The van der Waals surface area contributed by atoms with Crippen LogP contribution >= 0.6 is 38.9 Å². The quantitative estimate of drug-likeness (QED) is 0.762. The molecule has 0 aliphatic rings. The van der Waals surface area contributed by atoms with Crippen molar-refractivity contribution in [1.82, 2.24) is 5.32 Å². The van der Waals surface area contributed by atoms with Crippen molar-refractivity contribution in [3.8, 4) is 5.75 Å². The Balaban J connectivity index is 2.26. The highest BCUT2D eigenvalue weighted by Gasteiger charge is 2.16. The third-order valence-corrected chi connectivity index (χ3v) is 4.89. The Morgan fingerprint density at radius 3 is 2.75 bits per heavy atom. The molecule has 1 heterocycles. The van der Waals surface area contributed by atoms with E-state index in [1.165, 1.54) is 10.4 Å². The van der Waals surface area contributed by atoms with Crippen LogP contribution in [0.4, 0.5) is 0 Å². The summed E-state index contributed by atoms with van der Waals surface area (Å²) in [6.45, 7) is 3.02. The predicted molar refractivity (Wildman–Crippen MR) is 90.1 cm³/mol. The topological polar surface area (TPSA) is 21.3 Å². The molecule has 1 atom stereocenters. The maximum absolute atomic E-state index is 6.05. The highest BCUT2D eigenvalue weighted by molar-refractivity contribution is 9.10. The number of hydrogen-bond donors (Lipinski definition) is 1. The summed E-state index contributed by atoms with van der Waals surface area (Å²) in [5.41, 5.74) is 1.18. The van der Waals surface area contributed by atoms with Gasteiger partial charge in [0.25, 0.3) is 0 Å². The Morgan fingerprint density at radius 2 is 2.15 bits per heavy atom. The Kier molecular flexibility index (Phi) is 5.90. The minimum absolute atomic E-state index is 0.251. The smallest absolute Gasteiger partial charge is 0.122 e. The summed E-state index contributed by atoms with van der Waals surface area (Å²) in [6.07, 6.45) is 0.868. The molecule has 1 aromatic carbocycles. The maximum Gasteiger partial charge on any atom is 0.122 e. The lowest BCUT2D eigenvalue weighted by Crippen LogP contribution is -2.22. The standard InChI is InChI=1S/C15H17BrClNOS/c1-3-18-12(14-6-7-15(17)20-14)9-10-8-11(16)4-5-13(10)19-2/h4-8,12,18H,3,9H2,1-2H3. The normalized spacial score (nSPS) is 12.4. The molecule has 2 rings (SSSR count). The van der Waals surface area contributed by atoms with Crippen LogP contribution in [-0.4, -0.2) is 13.7 Å². The van der Waals surface area contributed by atoms with Crippen LogP contribution in [-0.2, 0) is 6.42 Å². The molecule has 0 bridgehead atoms. The molecule has 0 saturated heterocycles. The van der Waals surface area contributed by atoms with Gasteiger partial charge in [0.05, 0.1) is 11.4 Å². The molecule has 0 spiro atoms. The molecule has 2 aromatic rings. The summed E-state index contributed by atoms with van der Waals surface area (Å²) in [4.78, 5) is 1.25. The van der Waals surface area contributed by atoms with Gasteiger partial charge in [-0.2, -0.15) is 0 Å². The Morgan fingerprint density at radius 1 is 1.35 bits per heavy atom. The molecule has 0 saturated carbocycles. The van der Waals surface area contributed by atoms with E-state index in [-0.39, 0.29) is 6.04 Å². The third-order valence-electron chi connectivity index (χ3n) is 3.05. The second-order valence-electron chi connectivity index (χ2n) is 4.41. The largest absolute Gasteiger partial charge is 0.496 e. The fourth-order valence-electron chi connectivity index (χ4n) is 2.16. The monoisotopic (exact) mass is 373 g/mol.